The van der Waals surface area contributed by atoms with Gasteiger partial charge in [-0.15, -0.1) is 0 Å². The summed E-state index contributed by atoms with van der Waals surface area (Å²) in [6.07, 6.45) is 1.55. The van der Waals surface area contributed by atoms with E-state index in [-0.39, 0.29) is 23.7 Å². The van der Waals surface area contributed by atoms with Crippen molar-refractivity contribution in [2.75, 3.05) is 6.61 Å². The van der Waals surface area contributed by atoms with Crippen LogP contribution in [0.25, 0.3) is 0 Å². The largest absolute Gasteiger partial charge is 0.483 e. The standard InChI is InChI=1S/C16H18BrClN2O3/c1-16(2)7-11(6-12(21)8-16)19-20-15(22)9-23-14-4-3-10(18)5-13(14)17/h3-5H,6-9H2,1-2H3,(H,20,22)/b19-11+. The van der Waals surface area contributed by atoms with Gasteiger partial charge in [0.2, 0.25) is 0 Å². The van der Waals surface area contributed by atoms with Crippen molar-refractivity contribution < 1.29 is 14.3 Å². The maximum Gasteiger partial charge on any atom is 0.277 e. The van der Waals surface area contributed by atoms with E-state index in [1.807, 2.05) is 13.8 Å². The summed E-state index contributed by atoms with van der Waals surface area (Å²) >= 11 is 9.15. The summed E-state index contributed by atoms with van der Waals surface area (Å²) in [7, 11) is 0. The highest BCUT2D eigenvalue weighted by Crippen LogP contribution is 2.31. The van der Waals surface area contributed by atoms with E-state index in [0.717, 1.165) is 0 Å². The molecule has 1 N–H and O–H groups in total. The van der Waals surface area contributed by atoms with Crippen molar-refractivity contribution in [2.24, 2.45) is 10.5 Å². The highest BCUT2D eigenvalue weighted by atomic mass is 79.9. The number of ether oxygens (including phenoxy) is 1. The normalized spacial score (nSPS) is 18.8. The Morgan fingerprint density at radius 3 is 2.83 bits per heavy atom. The van der Waals surface area contributed by atoms with Gasteiger partial charge in [0.1, 0.15) is 11.5 Å². The second-order valence-electron chi connectivity index (χ2n) is 6.31. The van der Waals surface area contributed by atoms with Gasteiger partial charge in [-0.05, 0) is 46.0 Å². The first-order chi connectivity index (χ1) is 10.7. The van der Waals surface area contributed by atoms with Gasteiger partial charge in [-0.3, -0.25) is 9.59 Å². The molecule has 0 atom stereocenters. The molecule has 1 aromatic rings. The van der Waals surface area contributed by atoms with Crippen molar-refractivity contribution in [1.82, 2.24) is 5.43 Å². The SMILES string of the molecule is CC1(C)CC(=O)C/C(=N\NC(=O)COc2ccc(Cl)cc2Br)C1. The summed E-state index contributed by atoms with van der Waals surface area (Å²) in [5.74, 6) is 0.289. The molecule has 0 spiro atoms. The van der Waals surface area contributed by atoms with Crippen molar-refractivity contribution in [1.29, 1.82) is 0 Å². The fraction of sp³-hybridized carbons (Fsp3) is 0.438. The van der Waals surface area contributed by atoms with Crippen molar-refractivity contribution in [2.45, 2.75) is 33.1 Å². The number of hydrazone groups is 1. The van der Waals surface area contributed by atoms with E-state index in [1.165, 1.54) is 0 Å². The molecule has 1 saturated carbocycles. The van der Waals surface area contributed by atoms with Gasteiger partial charge in [0.15, 0.2) is 6.61 Å². The number of benzene rings is 1. The number of nitrogens with zero attached hydrogens (tertiary/aromatic N) is 1. The molecule has 7 heteroatoms. The molecule has 1 aliphatic rings. The Balaban J connectivity index is 1.87. The van der Waals surface area contributed by atoms with Crippen LogP contribution in [-0.4, -0.2) is 24.0 Å². The second kappa shape index (κ2) is 7.45. The number of rotatable bonds is 4. The van der Waals surface area contributed by atoms with Crippen LogP contribution in [0.4, 0.5) is 0 Å². The fourth-order valence-corrected chi connectivity index (χ4v) is 3.29. The number of hydrogen-bond acceptors (Lipinski definition) is 4. The summed E-state index contributed by atoms with van der Waals surface area (Å²) in [6.45, 7) is 3.86. The van der Waals surface area contributed by atoms with Crippen molar-refractivity contribution in [3.63, 3.8) is 0 Å². The second-order valence-corrected chi connectivity index (χ2v) is 7.60. The molecule has 5 nitrogen and oxygen atoms in total. The molecule has 1 fully saturated rings. The van der Waals surface area contributed by atoms with Crippen LogP contribution in [-0.2, 0) is 9.59 Å². The Morgan fingerprint density at radius 1 is 1.43 bits per heavy atom. The summed E-state index contributed by atoms with van der Waals surface area (Å²) < 4.78 is 6.07. The Kier molecular flexibility index (Phi) is 5.81. The summed E-state index contributed by atoms with van der Waals surface area (Å²) in [6, 6.07) is 5.04. The van der Waals surface area contributed by atoms with Gasteiger partial charge in [0.05, 0.1) is 4.47 Å². The van der Waals surface area contributed by atoms with Gasteiger partial charge < -0.3 is 4.74 Å². The van der Waals surface area contributed by atoms with Crippen LogP contribution in [0, 0.1) is 5.41 Å². The lowest BCUT2D eigenvalue weighted by Crippen LogP contribution is -2.32. The van der Waals surface area contributed by atoms with E-state index in [1.54, 1.807) is 18.2 Å². The van der Waals surface area contributed by atoms with Gasteiger partial charge in [-0.1, -0.05) is 25.4 Å². The molecule has 0 radical (unpaired) electrons. The Labute approximate surface area is 148 Å². The number of Topliss-reactive ketones (excluding diaryl/α,β-unsaturated/α-hetero) is 1. The van der Waals surface area contributed by atoms with Crippen molar-refractivity contribution in [3.05, 3.63) is 27.7 Å². The molecule has 0 heterocycles. The minimum absolute atomic E-state index is 0.108. The zero-order chi connectivity index (χ0) is 17.0. The number of ketones is 1. The average molecular weight is 402 g/mol. The first-order valence-electron chi connectivity index (χ1n) is 7.19. The fourth-order valence-electron chi connectivity index (χ4n) is 2.49. The van der Waals surface area contributed by atoms with Crippen molar-refractivity contribution >= 4 is 44.9 Å². The van der Waals surface area contributed by atoms with Gasteiger partial charge in [0, 0.05) is 23.6 Å². The maximum atomic E-state index is 11.8. The lowest BCUT2D eigenvalue weighted by molar-refractivity contribution is -0.123. The average Bonchev–Trinajstić information content (AvgIpc) is 2.42. The molecular weight excluding hydrogens is 384 g/mol. The lowest BCUT2D eigenvalue weighted by Gasteiger charge is -2.28. The molecule has 1 amide bonds. The minimum atomic E-state index is -0.379. The third-order valence-corrected chi connectivity index (χ3v) is 4.21. The highest BCUT2D eigenvalue weighted by Gasteiger charge is 2.30. The molecule has 0 saturated heterocycles. The van der Waals surface area contributed by atoms with E-state index in [9.17, 15) is 9.59 Å². The van der Waals surface area contributed by atoms with Gasteiger partial charge in [-0.2, -0.15) is 5.10 Å². The third-order valence-electron chi connectivity index (χ3n) is 3.35. The Morgan fingerprint density at radius 2 is 2.17 bits per heavy atom. The molecule has 0 aliphatic heterocycles. The third kappa shape index (κ3) is 5.62. The number of halogens is 2. The van der Waals surface area contributed by atoms with Crippen LogP contribution >= 0.6 is 27.5 Å². The maximum absolute atomic E-state index is 11.8. The Hall–Kier alpha value is -1.40. The van der Waals surface area contributed by atoms with Crippen LogP contribution in [0.3, 0.4) is 0 Å². The topological polar surface area (TPSA) is 67.8 Å². The van der Waals surface area contributed by atoms with E-state index >= 15 is 0 Å². The number of nitrogens with one attached hydrogen (secondary N) is 1. The van der Waals surface area contributed by atoms with Crippen LogP contribution in [0.15, 0.2) is 27.8 Å². The monoisotopic (exact) mass is 400 g/mol. The minimum Gasteiger partial charge on any atom is -0.483 e. The number of carbonyl (C=O) groups excluding carboxylic acids is 2. The molecule has 1 aliphatic carbocycles. The molecule has 124 valence electrons. The molecule has 23 heavy (non-hydrogen) atoms. The predicted octanol–water partition coefficient (Wildman–Crippen LogP) is 3.73. The summed E-state index contributed by atoms with van der Waals surface area (Å²) in [5.41, 5.74) is 3.04. The van der Waals surface area contributed by atoms with E-state index in [0.29, 0.717) is 40.2 Å². The smallest absolute Gasteiger partial charge is 0.277 e. The zero-order valence-corrected chi connectivity index (χ0v) is 15.3. The van der Waals surface area contributed by atoms with Gasteiger partial charge in [0.25, 0.3) is 5.91 Å². The zero-order valence-electron chi connectivity index (χ0n) is 13.0. The number of carbonyl (C=O) groups is 2. The van der Waals surface area contributed by atoms with Crippen LogP contribution in [0.1, 0.15) is 33.1 Å². The summed E-state index contributed by atoms with van der Waals surface area (Å²) in [4.78, 5) is 23.5. The first-order valence-corrected chi connectivity index (χ1v) is 8.36. The lowest BCUT2D eigenvalue weighted by atomic mass is 9.76. The van der Waals surface area contributed by atoms with E-state index in [2.05, 4.69) is 26.5 Å². The predicted molar refractivity (Wildman–Crippen MR) is 92.9 cm³/mol. The molecule has 2 rings (SSSR count). The Bertz CT molecular complexity index is 659. The molecule has 0 aromatic heterocycles. The van der Waals surface area contributed by atoms with Gasteiger partial charge >= 0.3 is 0 Å². The highest BCUT2D eigenvalue weighted by molar-refractivity contribution is 9.10. The van der Waals surface area contributed by atoms with E-state index < -0.39 is 0 Å². The first kappa shape index (κ1) is 17.9. The van der Waals surface area contributed by atoms with Gasteiger partial charge in [-0.25, -0.2) is 5.43 Å². The van der Waals surface area contributed by atoms with Crippen LogP contribution in [0.2, 0.25) is 5.02 Å². The van der Waals surface area contributed by atoms with E-state index in [4.69, 9.17) is 16.3 Å². The van der Waals surface area contributed by atoms with Crippen LogP contribution < -0.4 is 10.2 Å². The molecule has 1 aromatic carbocycles. The molecule has 0 bridgehead atoms. The summed E-state index contributed by atoms with van der Waals surface area (Å²) in [5, 5.41) is 4.64. The number of hydrogen-bond donors (Lipinski definition) is 1. The quantitative estimate of drug-likeness (QED) is 0.782. The van der Waals surface area contributed by atoms with Crippen molar-refractivity contribution in [3.8, 4) is 5.75 Å². The molecular formula is C16H18BrClN2O3. The number of amides is 1. The van der Waals surface area contributed by atoms with Crippen LogP contribution in [0.5, 0.6) is 5.75 Å². The molecule has 0 unspecified atom stereocenters.